The van der Waals surface area contributed by atoms with Crippen LogP contribution in [0.15, 0.2) is 53.2 Å². The number of carbonyl (C=O) groups is 1. The summed E-state index contributed by atoms with van der Waals surface area (Å²) in [5, 5.41) is 2.84. The number of benzene rings is 2. The average molecular weight is 350 g/mol. The summed E-state index contributed by atoms with van der Waals surface area (Å²) in [6, 6.07) is 13.8. The first-order valence-electron chi connectivity index (χ1n) is 8.46. The maximum atomic E-state index is 12.2. The summed E-state index contributed by atoms with van der Waals surface area (Å²) in [5.74, 6) is 1.83. The predicted molar refractivity (Wildman–Crippen MR) is 103 cm³/mol. The molecular weight excluding hydrogens is 328 g/mol. The molecule has 5 nitrogen and oxygen atoms in total. The van der Waals surface area contributed by atoms with Crippen molar-refractivity contribution in [1.82, 2.24) is 5.32 Å². The number of methoxy groups -OCH3 is 2. The highest BCUT2D eigenvalue weighted by Gasteiger charge is 2.19. The molecule has 1 aliphatic rings. The third kappa shape index (κ3) is 4.30. The molecule has 0 saturated carbocycles. The quantitative estimate of drug-likeness (QED) is 0.811. The Morgan fingerprint density at radius 1 is 1.00 bits per heavy atom. The topological polar surface area (TPSA) is 59.9 Å². The highest BCUT2D eigenvalue weighted by molar-refractivity contribution is 6.14. The van der Waals surface area contributed by atoms with Crippen LogP contribution in [0, 0.1) is 6.92 Å². The molecule has 1 heterocycles. The number of nitrogens with zero attached hydrogens (tertiary/aromatic N) is 1. The lowest BCUT2D eigenvalue weighted by molar-refractivity contribution is -0.115. The van der Waals surface area contributed by atoms with Crippen LogP contribution >= 0.6 is 0 Å². The molecule has 3 rings (SSSR count). The van der Waals surface area contributed by atoms with Gasteiger partial charge in [-0.1, -0.05) is 29.8 Å². The number of aryl methyl sites for hydroxylation is 2. The normalized spacial score (nSPS) is 15.0. The van der Waals surface area contributed by atoms with Gasteiger partial charge in [0.2, 0.25) is 0 Å². The van der Waals surface area contributed by atoms with E-state index in [1.54, 1.807) is 26.4 Å². The van der Waals surface area contributed by atoms with Crippen LogP contribution in [0.1, 0.15) is 23.1 Å². The fourth-order valence-electron chi connectivity index (χ4n) is 2.72. The van der Waals surface area contributed by atoms with Gasteiger partial charge < -0.3 is 14.8 Å². The van der Waals surface area contributed by atoms with Crippen molar-refractivity contribution >= 4 is 17.8 Å². The van der Waals surface area contributed by atoms with Gasteiger partial charge in [-0.05, 0) is 42.7 Å². The van der Waals surface area contributed by atoms with Crippen molar-refractivity contribution in [3.05, 3.63) is 64.9 Å². The van der Waals surface area contributed by atoms with Crippen molar-refractivity contribution in [2.45, 2.75) is 19.8 Å². The van der Waals surface area contributed by atoms with Gasteiger partial charge in [-0.2, -0.15) is 0 Å². The zero-order valence-electron chi connectivity index (χ0n) is 15.2. The van der Waals surface area contributed by atoms with Crippen LogP contribution in [-0.4, -0.2) is 26.0 Å². The summed E-state index contributed by atoms with van der Waals surface area (Å²) in [7, 11) is 3.19. The van der Waals surface area contributed by atoms with Crippen LogP contribution in [0.5, 0.6) is 11.5 Å². The van der Waals surface area contributed by atoms with Gasteiger partial charge in [0.1, 0.15) is 23.0 Å². The van der Waals surface area contributed by atoms with Gasteiger partial charge in [-0.15, -0.1) is 0 Å². The first kappa shape index (κ1) is 17.7. The lowest BCUT2D eigenvalue weighted by atomic mass is 10.1. The number of hydrogen-bond donors (Lipinski definition) is 1. The van der Waals surface area contributed by atoms with Gasteiger partial charge >= 0.3 is 0 Å². The van der Waals surface area contributed by atoms with Crippen LogP contribution in [0.25, 0.3) is 6.08 Å². The van der Waals surface area contributed by atoms with Crippen molar-refractivity contribution in [1.29, 1.82) is 0 Å². The van der Waals surface area contributed by atoms with Crippen molar-refractivity contribution < 1.29 is 14.3 Å². The molecule has 0 fully saturated rings. The van der Waals surface area contributed by atoms with E-state index in [4.69, 9.17) is 9.47 Å². The number of aliphatic imine (C=N–C) groups is 1. The Morgan fingerprint density at radius 2 is 1.65 bits per heavy atom. The minimum absolute atomic E-state index is 0.189. The van der Waals surface area contributed by atoms with Crippen LogP contribution < -0.4 is 14.8 Å². The van der Waals surface area contributed by atoms with Gasteiger partial charge in [0, 0.05) is 12.5 Å². The molecule has 5 heteroatoms. The lowest BCUT2D eigenvalue weighted by Gasteiger charge is -2.05. The van der Waals surface area contributed by atoms with Crippen LogP contribution in [0.2, 0.25) is 0 Å². The number of carbonyl (C=O) groups excluding carboxylic acids is 1. The van der Waals surface area contributed by atoms with Gasteiger partial charge in [0.15, 0.2) is 0 Å². The van der Waals surface area contributed by atoms with E-state index in [9.17, 15) is 4.79 Å². The monoisotopic (exact) mass is 350 g/mol. The average Bonchev–Trinajstić information content (AvgIpc) is 3.00. The highest BCUT2D eigenvalue weighted by Crippen LogP contribution is 2.25. The molecule has 0 radical (unpaired) electrons. The van der Waals surface area contributed by atoms with E-state index in [-0.39, 0.29) is 5.91 Å². The molecule has 0 saturated heterocycles. The first-order chi connectivity index (χ1) is 12.6. The summed E-state index contributed by atoms with van der Waals surface area (Å²) < 4.78 is 10.5. The van der Waals surface area contributed by atoms with Crippen molar-refractivity contribution in [2.24, 2.45) is 4.99 Å². The van der Waals surface area contributed by atoms with E-state index >= 15 is 0 Å². The SMILES string of the molecule is COc1cc(/C=C2/N=C(CCc3ccc(C)cc3)NC2=O)cc(OC)c1. The van der Waals surface area contributed by atoms with E-state index in [0.717, 1.165) is 12.0 Å². The predicted octanol–water partition coefficient (Wildman–Crippen LogP) is 3.51. The molecule has 0 unspecified atom stereocenters. The fraction of sp³-hybridized carbons (Fsp3) is 0.238. The Labute approximate surface area is 153 Å². The van der Waals surface area contributed by atoms with Gasteiger partial charge in [0.25, 0.3) is 5.91 Å². The maximum Gasteiger partial charge on any atom is 0.275 e. The van der Waals surface area contributed by atoms with Crippen molar-refractivity contribution in [3.63, 3.8) is 0 Å². The Balaban J connectivity index is 1.75. The van der Waals surface area contributed by atoms with Crippen molar-refractivity contribution in [3.8, 4) is 11.5 Å². The van der Waals surface area contributed by atoms with Gasteiger partial charge in [-0.3, -0.25) is 4.79 Å². The highest BCUT2D eigenvalue weighted by atomic mass is 16.5. The summed E-state index contributed by atoms with van der Waals surface area (Å²) in [6.45, 7) is 2.07. The molecule has 0 bridgehead atoms. The minimum Gasteiger partial charge on any atom is -0.497 e. The Morgan fingerprint density at radius 3 is 2.27 bits per heavy atom. The molecular formula is C21H22N2O3. The molecule has 0 spiro atoms. The zero-order valence-corrected chi connectivity index (χ0v) is 15.2. The van der Waals surface area contributed by atoms with Crippen LogP contribution in [0.3, 0.4) is 0 Å². The molecule has 0 aromatic heterocycles. The third-order valence-corrected chi connectivity index (χ3v) is 4.19. The van der Waals surface area contributed by atoms with Crippen LogP contribution in [0.4, 0.5) is 0 Å². The largest absolute Gasteiger partial charge is 0.497 e. The molecule has 134 valence electrons. The second-order valence-electron chi connectivity index (χ2n) is 6.17. The van der Waals surface area contributed by atoms with E-state index < -0.39 is 0 Å². The summed E-state index contributed by atoms with van der Waals surface area (Å²) in [6.07, 6.45) is 3.26. The van der Waals surface area contributed by atoms with E-state index in [1.165, 1.54) is 11.1 Å². The first-order valence-corrected chi connectivity index (χ1v) is 8.46. The van der Waals surface area contributed by atoms with Crippen molar-refractivity contribution in [2.75, 3.05) is 14.2 Å². The Bertz CT molecular complexity index is 845. The molecule has 2 aromatic carbocycles. The number of amides is 1. The Kier molecular flexibility index (Phi) is 5.37. The van der Waals surface area contributed by atoms with Crippen LogP contribution in [-0.2, 0) is 11.2 Å². The number of rotatable bonds is 6. The smallest absolute Gasteiger partial charge is 0.275 e. The maximum absolute atomic E-state index is 12.2. The fourth-order valence-corrected chi connectivity index (χ4v) is 2.72. The molecule has 1 amide bonds. The minimum atomic E-state index is -0.189. The second-order valence-corrected chi connectivity index (χ2v) is 6.17. The molecule has 1 N–H and O–H groups in total. The van der Waals surface area contributed by atoms with E-state index in [0.29, 0.717) is 29.5 Å². The molecule has 1 aliphatic heterocycles. The summed E-state index contributed by atoms with van der Waals surface area (Å²) in [5.41, 5.74) is 3.65. The van der Waals surface area contributed by atoms with Gasteiger partial charge in [-0.25, -0.2) is 4.99 Å². The Hall–Kier alpha value is -3.08. The van der Waals surface area contributed by atoms with E-state index in [1.807, 2.05) is 12.1 Å². The van der Waals surface area contributed by atoms with Gasteiger partial charge in [0.05, 0.1) is 14.2 Å². The second kappa shape index (κ2) is 7.87. The number of ether oxygens (including phenoxy) is 2. The number of hydrogen-bond acceptors (Lipinski definition) is 4. The molecule has 2 aromatic rings. The zero-order chi connectivity index (χ0) is 18.5. The standard InChI is InChI=1S/C21H22N2O3/c1-14-4-6-15(7-5-14)8-9-20-22-19(21(24)23-20)12-16-10-17(25-2)13-18(11-16)26-3/h4-7,10-13H,8-9H2,1-3H3,(H,22,23,24)/b19-12+. The third-order valence-electron chi connectivity index (χ3n) is 4.19. The number of nitrogens with one attached hydrogen (secondary N) is 1. The van der Waals surface area contributed by atoms with E-state index in [2.05, 4.69) is 41.5 Å². The molecule has 0 atom stereocenters. The summed E-state index contributed by atoms with van der Waals surface area (Å²) >= 11 is 0. The number of amidine groups is 1. The molecule has 0 aliphatic carbocycles. The molecule has 26 heavy (non-hydrogen) atoms. The lowest BCUT2D eigenvalue weighted by Crippen LogP contribution is -2.24. The summed E-state index contributed by atoms with van der Waals surface area (Å²) in [4.78, 5) is 16.6.